The van der Waals surface area contributed by atoms with Gasteiger partial charge in [0, 0.05) is 115 Å². The van der Waals surface area contributed by atoms with Crippen molar-refractivity contribution in [3.8, 4) is 11.5 Å². The van der Waals surface area contributed by atoms with Crippen LogP contribution in [0.3, 0.4) is 0 Å². The molecule has 9 rings (SSSR count). The van der Waals surface area contributed by atoms with Gasteiger partial charge in [-0.25, -0.2) is 4.79 Å². The van der Waals surface area contributed by atoms with Crippen LogP contribution in [0.5, 0.6) is 11.5 Å². The number of likely N-dealkylation sites (tertiary alicyclic amines) is 1. The van der Waals surface area contributed by atoms with E-state index in [4.69, 9.17) is 19.3 Å². The standard InChI is InChI=1S/C34H47N3O6.C33H46N4O3/c1-23-18-28(13-10-27(23)22-36-16-17-37(24(2)21-36)33(41)43-34(3,4)5)35(6)32(40)26-11-14-29(15-12-26)42-30-9-7-8-25(19-30)20-31(38)39;1-24-19-29(12-9-28(24)23-36-18-15-34-25(2)22-36)35(3)33(39)27-10-13-30(14-11-27)40-31-8-6-7-26(20-31)21-32(38)37-16-4-5-17-37/h7-10,13,18-19,24,26,29H,11-12,14-17,20-22H2,1-6H3,(H,38,39);6-9,12,19-20,25,27,30,34H,4-5,10-11,13-18,21-23H2,1-3H3/t24-,26-,29-;25-,27-,30-/m00/s1. The molecule has 0 radical (unpaired) electrons. The third kappa shape index (κ3) is 18.0. The van der Waals surface area contributed by atoms with Crippen LogP contribution in [0.4, 0.5) is 16.2 Å². The summed E-state index contributed by atoms with van der Waals surface area (Å²) in [5, 5.41) is 12.6. The third-order valence-electron chi connectivity index (χ3n) is 17.3. The molecule has 0 aromatic heterocycles. The molecule has 450 valence electrons. The molecule has 0 unspecified atom stereocenters. The first-order valence-corrected chi connectivity index (χ1v) is 30.6. The van der Waals surface area contributed by atoms with E-state index in [1.807, 2.05) is 92.0 Å². The maximum atomic E-state index is 13.4. The zero-order valence-electron chi connectivity index (χ0n) is 51.0. The zero-order valence-corrected chi connectivity index (χ0v) is 51.0. The van der Waals surface area contributed by atoms with Gasteiger partial charge in [-0.2, -0.15) is 0 Å². The average Bonchev–Trinajstić information content (AvgIpc) is 4.18. The number of nitrogens with zero attached hydrogens (tertiary/aromatic N) is 6. The van der Waals surface area contributed by atoms with Gasteiger partial charge in [0.05, 0.1) is 25.0 Å². The molecule has 3 heterocycles. The highest BCUT2D eigenvalue weighted by atomic mass is 16.6. The van der Waals surface area contributed by atoms with Crippen LogP contribution < -0.4 is 24.6 Å². The van der Waals surface area contributed by atoms with E-state index in [0.29, 0.717) is 30.3 Å². The lowest BCUT2D eigenvalue weighted by Crippen LogP contribution is -2.54. The second-order valence-corrected chi connectivity index (χ2v) is 25.2. The first kappa shape index (κ1) is 62.6. The number of carboxylic acid groups (broad SMARTS) is 1. The molecule has 4 aromatic carbocycles. The van der Waals surface area contributed by atoms with Crippen molar-refractivity contribution in [2.45, 2.75) is 168 Å². The van der Waals surface area contributed by atoms with Crippen molar-refractivity contribution in [1.82, 2.24) is 24.9 Å². The monoisotopic (exact) mass is 1140 g/mol. The second kappa shape index (κ2) is 28.9. The topological polar surface area (TPSA) is 165 Å². The van der Waals surface area contributed by atoms with Gasteiger partial charge in [-0.15, -0.1) is 0 Å². The van der Waals surface area contributed by atoms with Crippen molar-refractivity contribution in [2.24, 2.45) is 11.8 Å². The number of hydrogen-bond donors (Lipinski definition) is 2. The van der Waals surface area contributed by atoms with Crippen molar-refractivity contribution >= 4 is 41.2 Å². The number of carboxylic acids is 1. The Morgan fingerprint density at radius 3 is 1.57 bits per heavy atom. The number of carbonyl (C=O) groups is 5. The van der Waals surface area contributed by atoms with Gasteiger partial charge in [-0.1, -0.05) is 36.4 Å². The maximum absolute atomic E-state index is 13.4. The zero-order chi connectivity index (χ0) is 59.4. The summed E-state index contributed by atoms with van der Waals surface area (Å²) in [5.74, 6) is 1.14. The maximum Gasteiger partial charge on any atom is 0.410 e. The summed E-state index contributed by atoms with van der Waals surface area (Å²) in [4.78, 5) is 75.2. The molecular formula is C67H93N7O9. The molecule has 4 aromatic rings. The van der Waals surface area contributed by atoms with Gasteiger partial charge in [-0.3, -0.25) is 29.0 Å². The minimum Gasteiger partial charge on any atom is -0.490 e. The van der Waals surface area contributed by atoms with E-state index in [-0.39, 0.29) is 60.3 Å². The number of aliphatic carboxylic acids is 1. The number of amides is 4. The van der Waals surface area contributed by atoms with Gasteiger partial charge < -0.3 is 44.2 Å². The second-order valence-electron chi connectivity index (χ2n) is 25.2. The SMILES string of the molecule is Cc1cc(N(C)C(=O)[C@H]2CC[C@H](Oc3cccc(CC(=O)N4CCCC4)c3)CC2)ccc1CN1CCN[C@@H](C)C1.Cc1cc(N(C)C(=O)[C@H]2CC[C@H](Oc3cccc(CC(=O)O)c3)CC2)ccc1CN1CCN(C(=O)OC(C)(C)C)[C@@H](C)C1. The Bertz CT molecular complexity index is 2850. The molecule has 5 fully saturated rings. The minimum absolute atomic E-state index is 0.0182. The lowest BCUT2D eigenvalue weighted by Gasteiger charge is -2.40. The van der Waals surface area contributed by atoms with Gasteiger partial charge in [0.2, 0.25) is 17.7 Å². The Kier molecular flexibility index (Phi) is 21.8. The van der Waals surface area contributed by atoms with E-state index in [2.05, 4.69) is 73.1 Å². The number of hydrogen-bond acceptors (Lipinski definition) is 11. The van der Waals surface area contributed by atoms with Crippen molar-refractivity contribution in [1.29, 1.82) is 0 Å². The molecular weight excluding hydrogens is 1050 g/mol. The Labute approximate surface area is 493 Å². The van der Waals surface area contributed by atoms with E-state index in [0.717, 1.165) is 151 Å². The fourth-order valence-electron chi connectivity index (χ4n) is 12.5. The van der Waals surface area contributed by atoms with Gasteiger partial charge in [0.25, 0.3) is 0 Å². The first-order chi connectivity index (χ1) is 39.6. The minimum atomic E-state index is -0.866. The fraction of sp³-hybridized carbons (Fsp3) is 0.567. The fourth-order valence-corrected chi connectivity index (χ4v) is 12.5. The molecule has 3 saturated heterocycles. The van der Waals surface area contributed by atoms with Crippen molar-refractivity contribution in [3.05, 3.63) is 118 Å². The third-order valence-corrected chi connectivity index (χ3v) is 17.3. The molecule has 2 atom stereocenters. The van der Waals surface area contributed by atoms with Crippen molar-refractivity contribution < 1.29 is 43.3 Å². The van der Waals surface area contributed by atoms with Gasteiger partial charge in [0.15, 0.2) is 0 Å². The molecule has 3 aliphatic heterocycles. The molecule has 0 spiro atoms. The summed E-state index contributed by atoms with van der Waals surface area (Å²) in [5.41, 5.74) is 8.01. The van der Waals surface area contributed by atoms with Crippen molar-refractivity contribution in [2.75, 3.05) is 76.3 Å². The van der Waals surface area contributed by atoms with Gasteiger partial charge in [0.1, 0.15) is 17.1 Å². The largest absolute Gasteiger partial charge is 0.490 e. The highest BCUT2D eigenvalue weighted by molar-refractivity contribution is 5.95. The predicted octanol–water partition coefficient (Wildman–Crippen LogP) is 10.2. The van der Waals surface area contributed by atoms with E-state index in [1.54, 1.807) is 17.0 Å². The highest BCUT2D eigenvalue weighted by Crippen LogP contribution is 2.34. The number of carbonyl (C=O) groups excluding carboxylic acids is 4. The van der Waals surface area contributed by atoms with Crippen molar-refractivity contribution in [3.63, 3.8) is 0 Å². The van der Waals surface area contributed by atoms with Crippen LogP contribution in [-0.2, 0) is 49.8 Å². The average molecular weight is 1140 g/mol. The Balaban J connectivity index is 0.000000217. The molecule has 2 saturated carbocycles. The lowest BCUT2D eigenvalue weighted by molar-refractivity contribution is -0.136. The molecule has 16 nitrogen and oxygen atoms in total. The molecule has 83 heavy (non-hydrogen) atoms. The van der Waals surface area contributed by atoms with E-state index in [1.165, 1.54) is 16.7 Å². The van der Waals surface area contributed by atoms with Crippen LogP contribution in [0, 0.1) is 25.7 Å². The molecule has 2 aliphatic carbocycles. The van der Waals surface area contributed by atoms with Crippen LogP contribution in [0.2, 0.25) is 0 Å². The first-order valence-electron chi connectivity index (χ1n) is 30.6. The van der Waals surface area contributed by atoms with Gasteiger partial charge >= 0.3 is 12.1 Å². The smallest absolute Gasteiger partial charge is 0.410 e. The Morgan fingerprint density at radius 2 is 1.11 bits per heavy atom. The van der Waals surface area contributed by atoms with E-state index >= 15 is 0 Å². The highest BCUT2D eigenvalue weighted by Gasteiger charge is 2.34. The molecule has 2 N–H and O–H groups in total. The number of nitrogens with one attached hydrogen (secondary N) is 1. The summed E-state index contributed by atoms with van der Waals surface area (Å²) in [6.07, 6.45) is 8.96. The quantitative estimate of drug-likeness (QED) is 0.109. The number of anilines is 2. The van der Waals surface area contributed by atoms with E-state index < -0.39 is 11.6 Å². The van der Waals surface area contributed by atoms with Gasteiger partial charge in [-0.05, 0) is 195 Å². The number of piperazine rings is 2. The van der Waals surface area contributed by atoms with Crippen LogP contribution in [0.1, 0.15) is 132 Å². The summed E-state index contributed by atoms with van der Waals surface area (Å²) in [7, 11) is 3.76. The molecule has 16 heteroatoms. The Morgan fingerprint density at radius 1 is 0.614 bits per heavy atom. The van der Waals surface area contributed by atoms with Crippen LogP contribution in [-0.4, -0.2) is 151 Å². The molecule has 5 aliphatic rings. The summed E-state index contributed by atoms with van der Waals surface area (Å²) >= 11 is 0. The van der Waals surface area contributed by atoms with E-state index in [9.17, 15) is 24.0 Å². The molecule has 4 amide bonds. The summed E-state index contributed by atoms with van der Waals surface area (Å²) in [6.45, 7) is 23.1. The predicted molar refractivity (Wildman–Crippen MR) is 326 cm³/mol. The van der Waals surface area contributed by atoms with Crippen LogP contribution in [0.15, 0.2) is 84.9 Å². The van der Waals surface area contributed by atoms with Crippen LogP contribution in [0.25, 0.3) is 0 Å². The lowest BCUT2D eigenvalue weighted by atomic mass is 9.86. The Hall–Kier alpha value is -6.49. The molecule has 0 bridgehead atoms. The number of rotatable bonds is 16. The summed E-state index contributed by atoms with van der Waals surface area (Å²) < 4.78 is 18.0. The number of benzene rings is 4. The number of ether oxygens (including phenoxy) is 3. The number of aryl methyl sites for hydroxylation is 2. The van der Waals surface area contributed by atoms with Crippen LogP contribution >= 0.6 is 0 Å². The normalized spacial score (nSPS) is 22.4. The summed E-state index contributed by atoms with van der Waals surface area (Å²) in [6, 6.07) is 28.5.